The van der Waals surface area contributed by atoms with Crippen molar-refractivity contribution in [2.45, 2.75) is 30.9 Å². The molecule has 0 spiro atoms. The summed E-state index contributed by atoms with van der Waals surface area (Å²) in [6.45, 7) is 0.491. The fourth-order valence-corrected chi connectivity index (χ4v) is 3.88. The molecule has 126 valence electrons. The zero-order valence-electron chi connectivity index (χ0n) is 12.3. The molecular formula is C15H15BrF3NO3. The van der Waals surface area contributed by atoms with Crippen LogP contribution in [-0.2, 0) is 4.79 Å². The number of carbonyl (C=O) groups excluding carboxylic acids is 1. The van der Waals surface area contributed by atoms with Gasteiger partial charge in [0.25, 0.3) is 0 Å². The summed E-state index contributed by atoms with van der Waals surface area (Å²) in [6.07, 6.45) is -3.38. The maximum absolute atomic E-state index is 12.4. The Labute approximate surface area is 139 Å². The van der Waals surface area contributed by atoms with Gasteiger partial charge in [-0.3, -0.25) is 4.79 Å². The molecule has 0 saturated heterocycles. The molecule has 1 aliphatic carbocycles. The van der Waals surface area contributed by atoms with Crippen molar-refractivity contribution in [2.75, 3.05) is 20.3 Å². The summed E-state index contributed by atoms with van der Waals surface area (Å²) < 4.78 is 49.0. The minimum absolute atomic E-state index is 0.0739. The minimum Gasteiger partial charge on any atom is -0.496 e. The zero-order valence-corrected chi connectivity index (χ0v) is 13.9. The molecule has 1 aromatic carbocycles. The molecule has 1 heterocycles. The Morgan fingerprint density at radius 1 is 1.43 bits per heavy atom. The van der Waals surface area contributed by atoms with Gasteiger partial charge in [-0.25, -0.2) is 0 Å². The highest BCUT2D eigenvalue weighted by Crippen LogP contribution is 2.53. The second-order valence-corrected chi connectivity index (χ2v) is 6.56. The molecule has 1 aliphatic heterocycles. The molecule has 0 saturated carbocycles. The van der Waals surface area contributed by atoms with Gasteiger partial charge in [0, 0.05) is 29.5 Å². The van der Waals surface area contributed by atoms with E-state index in [0.29, 0.717) is 18.8 Å². The predicted octanol–water partition coefficient (Wildman–Crippen LogP) is 3.49. The lowest BCUT2D eigenvalue weighted by Gasteiger charge is -2.30. The van der Waals surface area contributed by atoms with Crippen molar-refractivity contribution < 1.29 is 27.4 Å². The lowest BCUT2D eigenvalue weighted by Crippen LogP contribution is -2.39. The number of amides is 1. The normalized spacial score (nSPS) is 22.3. The Kier molecular flexibility index (Phi) is 4.20. The summed E-state index contributed by atoms with van der Waals surface area (Å²) in [7, 11) is 1.52. The van der Waals surface area contributed by atoms with Gasteiger partial charge in [-0.2, -0.15) is 13.2 Å². The SMILES string of the molecule is COc1cc(Br)c2c3c1[C@H](CNC(=O)C(F)(F)F)CC[C@@H]3CO2. The van der Waals surface area contributed by atoms with Crippen LogP contribution in [0.25, 0.3) is 0 Å². The largest absolute Gasteiger partial charge is 0.496 e. The van der Waals surface area contributed by atoms with Crippen LogP contribution in [0.2, 0.25) is 0 Å². The van der Waals surface area contributed by atoms with E-state index < -0.39 is 12.1 Å². The highest BCUT2D eigenvalue weighted by Gasteiger charge is 2.41. The average Bonchev–Trinajstić information content (AvgIpc) is 2.93. The van der Waals surface area contributed by atoms with Crippen LogP contribution in [0.3, 0.4) is 0 Å². The Hall–Kier alpha value is -1.44. The standard InChI is InChI=1S/C15H15BrF3NO3/c1-22-10-4-9(16)13-12-8(6-23-13)3-2-7(11(10)12)5-20-14(21)15(17,18)19/h4,7-8H,2-3,5-6H2,1H3,(H,20,21)/t7-,8+/m0/s1. The van der Waals surface area contributed by atoms with Gasteiger partial charge in [-0.15, -0.1) is 0 Å². The Bertz CT molecular complexity index is 648. The van der Waals surface area contributed by atoms with Gasteiger partial charge in [0.15, 0.2) is 0 Å². The van der Waals surface area contributed by atoms with Gasteiger partial charge in [0.2, 0.25) is 0 Å². The van der Waals surface area contributed by atoms with E-state index in [0.717, 1.165) is 27.8 Å². The maximum atomic E-state index is 12.4. The van der Waals surface area contributed by atoms with Crippen LogP contribution < -0.4 is 14.8 Å². The molecule has 1 N–H and O–H groups in total. The number of benzene rings is 1. The Balaban J connectivity index is 1.91. The van der Waals surface area contributed by atoms with Gasteiger partial charge < -0.3 is 14.8 Å². The molecule has 0 radical (unpaired) electrons. The third kappa shape index (κ3) is 2.88. The number of carbonyl (C=O) groups is 1. The van der Waals surface area contributed by atoms with Crippen molar-refractivity contribution in [3.8, 4) is 11.5 Å². The Morgan fingerprint density at radius 3 is 2.83 bits per heavy atom. The van der Waals surface area contributed by atoms with E-state index >= 15 is 0 Å². The first-order valence-corrected chi connectivity index (χ1v) is 8.00. The summed E-state index contributed by atoms with van der Waals surface area (Å²) in [5.41, 5.74) is 1.84. The average molecular weight is 394 g/mol. The highest BCUT2D eigenvalue weighted by atomic mass is 79.9. The molecule has 1 aromatic rings. The number of hydrogen-bond acceptors (Lipinski definition) is 3. The second-order valence-electron chi connectivity index (χ2n) is 5.71. The van der Waals surface area contributed by atoms with Gasteiger partial charge in [0.1, 0.15) is 11.5 Å². The van der Waals surface area contributed by atoms with E-state index in [9.17, 15) is 18.0 Å². The summed E-state index contributed by atoms with van der Waals surface area (Å²) >= 11 is 3.44. The first-order valence-electron chi connectivity index (χ1n) is 7.21. The summed E-state index contributed by atoms with van der Waals surface area (Å²) in [4.78, 5) is 11.1. The van der Waals surface area contributed by atoms with Crippen LogP contribution in [0.1, 0.15) is 35.8 Å². The van der Waals surface area contributed by atoms with Crippen LogP contribution in [0.5, 0.6) is 11.5 Å². The molecule has 23 heavy (non-hydrogen) atoms. The summed E-state index contributed by atoms with van der Waals surface area (Å²) in [5, 5.41) is 1.98. The first kappa shape index (κ1) is 16.4. The fourth-order valence-electron chi connectivity index (χ4n) is 3.35. The van der Waals surface area contributed by atoms with Gasteiger partial charge in [-0.1, -0.05) is 0 Å². The number of alkyl halides is 3. The molecule has 1 amide bonds. The van der Waals surface area contributed by atoms with Crippen molar-refractivity contribution >= 4 is 21.8 Å². The molecule has 0 bridgehead atoms. The lowest BCUT2D eigenvalue weighted by molar-refractivity contribution is -0.173. The first-order chi connectivity index (χ1) is 10.8. The number of rotatable bonds is 3. The molecule has 8 heteroatoms. The van der Waals surface area contributed by atoms with Gasteiger partial charge in [0.05, 0.1) is 18.2 Å². The molecule has 2 atom stereocenters. The second kappa shape index (κ2) is 5.89. The van der Waals surface area contributed by atoms with Gasteiger partial charge >= 0.3 is 12.1 Å². The third-order valence-corrected chi connectivity index (χ3v) is 4.96. The van der Waals surface area contributed by atoms with E-state index in [1.165, 1.54) is 7.11 Å². The lowest BCUT2D eigenvalue weighted by atomic mass is 9.77. The van der Waals surface area contributed by atoms with Crippen molar-refractivity contribution in [1.29, 1.82) is 0 Å². The quantitative estimate of drug-likeness (QED) is 0.854. The van der Waals surface area contributed by atoms with Crippen molar-refractivity contribution in [3.05, 3.63) is 21.7 Å². The van der Waals surface area contributed by atoms with Gasteiger partial charge in [-0.05, 0) is 34.8 Å². The highest BCUT2D eigenvalue weighted by molar-refractivity contribution is 9.10. The molecule has 0 unspecified atom stereocenters. The summed E-state index contributed by atoms with van der Waals surface area (Å²) in [6, 6.07) is 1.76. The van der Waals surface area contributed by atoms with Crippen LogP contribution in [0.4, 0.5) is 13.2 Å². The van der Waals surface area contributed by atoms with E-state index in [4.69, 9.17) is 9.47 Å². The minimum atomic E-state index is -4.87. The monoisotopic (exact) mass is 393 g/mol. The van der Waals surface area contributed by atoms with Crippen molar-refractivity contribution in [2.24, 2.45) is 0 Å². The number of nitrogens with one attached hydrogen (secondary N) is 1. The zero-order chi connectivity index (χ0) is 16.8. The molecule has 4 nitrogen and oxygen atoms in total. The van der Waals surface area contributed by atoms with Crippen LogP contribution in [0.15, 0.2) is 10.5 Å². The van der Waals surface area contributed by atoms with Crippen LogP contribution in [0, 0.1) is 0 Å². The van der Waals surface area contributed by atoms with E-state index in [2.05, 4.69) is 15.9 Å². The number of ether oxygens (including phenoxy) is 2. The summed E-state index contributed by atoms with van der Waals surface area (Å²) in [5.74, 6) is -0.574. The predicted molar refractivity (Wildman–Crippen MR) is 80.0 cm³/mol. The number of halogens is 4. The fraction of sp³-hybridized carbons (Fsp3) is 0.533. The van der Waals surface area contributed by atoms with E-state index in [1.807, 2.05) is 5.32 Å². The number of hydrogen-bond donors (Lipinski definition) is 1. The van der Waals surface area contributed by atoms with Crippen molar-refractivity contribution in [3.63, 3.8) is 0 Å². The maximum Gasteiger partial charge on any atom is 0.471 e. The van der Waals surface area contributed by atoms with Crippen molar-refractivity contribution in [1.82, 2.24) is 5.32 Å². The third-order valence-electron chi connectivity index (χ3n) is 4.37. The van der Waals surface area contributed by atoms with E-state index in [-0.39, 0.29) is 18.4 Å². The molecule has 2 aliphatic rings. The van der Waals surface area contributed by atoms with Crippen LogP contribution >= 0.6 is 15.9 Å². The topological polar surface area (TPSA) is 47.6 Å². The molecule has 3 rings (SSSR count). The Morgan fingerprint density at radius 2 is 2.17 bits per heavy atom. The van der Waals surface area contributed by atoms with Crippen LogP contribution in [-0.4, -0.2) is 32.3 Å². The molecular weight excluding hydrogens is 379 g/mol. The number of methoxy groups -OCH3 is 1. The van der Waals surface area contributed by atoms with E-state index in [1.54, 1.807) is 6.07 Å². The smallest absolute Gasteiger partial charge is 0.471 e. The molecule has 0 fully saturated rings. The molecule has 0 aromatic heterocycles.